The van der Waals surface area contributed by atoms with Gasteiger partial charge in [-0.3, -0.25) is 0 Å². The topological polar surface area (TPSA) is 107 Å². The van der Waals surface area contributed by atoms with E-state index in [4.69, 9.17) is 9.79 Å². The molecule has 0 radical (unpaired) electrons. The summed E-state index contributed by atoms with van der Waals surface area (Å²) in [5.74, 6) is 0. The molecule has 0 aromatic rings. The van der Waals surface area contributed by atoms with E-state index in [0.29, 0.717) is 0 Å². The van der Waals surface area contributed by atoms with Gasteiger partial charge < -0.3 is 14.3 Å². The molecule has 0 bridgehead atoms. The van der Waals surface area contributed by atoms with Crippen LogP contribution in [-0.4, -0.2) is 18.5 Å². The Balaban J connectivity index is 3.74. The average molecular weight is 161 g/mol. The Kier molecular flexibility index (Phi) is 2.75. The van der Waals surface area contributed by atoms with Gasteiger partial charge in [-0.2, -0.15) is 3.97 Å². The normalized spacial score (nSPS) is 15.9. The highest BCUT2D eigenvalue weighted by atomic mass is 32.2. The lowest BCUT2D eigenvalue weighted by Crippen LogP contribution is -1.91. The molecule has 0 rings (SSSR count). The van der Waals surface area contributed by atoms with Crippen LogP contribution in [0.2, 0.25) is 0 Å². The minimum Gasteiger partial charge on any atom is -0.749 e. The van der Waals surface area contributed by atoms with E-state index in [1.807, 2.05) is 0 Å². The van der Waals surface area contributed by atoms with Crippen LogP contribution in [0.1, 0.15) is 0 Å². The van der Waals surface area contributed by atoms with Crippen molar-refractivity contribution < 1.29 is 27.1 Å². The standard InChI is InChI=1S/H3O6PS/c1-7(2,3)6-8(4)5/h(H,4,5)(H2,1,2,3)/p-1. The van der Waals surface area contributed by atoms with E-state index in [1.165, 1.54) is 0 Å². The maximum absolute atomic E-state index is 9.52. The summed E-state index contributed by atoms with van der Waals surface area (Å²) in [4.78, 5) is 15.4. The molecule has 0 aromatic carbocycles. The minimum absolute atomic E-state index is 3.02. The number of phosphoric acid groups is 1. The second kappa shape index (κ2) is 2.67. The lowest BCUT2D eigenvalue weighted by molar-refractivity contribution is 0.280. The molecule has 0 aliphatic rings. The van der Waals surface area contributed by atoms with Gasteiger partial charge in [-0.25, -0.2) is 8.77 Å². The van der Waals surface area contributed by atoms with E-state index < -0.39 is 19.2 Å². The molecule has 50 valence electrons. The molecule has 1 unspecified atom stereocenters. The predicted octanol–water partition coefficient (Wildman–Crippen LogP) is -1.11. The fraction of sp³-hybridized carbons (Fsp3) is 0. The van der Waals surface area contributed by atoms with Gasteiger partial charge in [0.05, 0.1) is 11.4 Å². The summed E-state index contributed by atoms with van der Waals surface area (Å²) >= 11 is -3.15. The van der Waals surface area contributed by atoms with E-state index in [-0.39, 0.29) is 0 Å². The second-order valence-electron chi connectivity index (χ2n) is 0.769. The molecule has 8 heavy (non-hydrogen) atoms. The zero-order valence-corrected chi connectivity index (χ0v) is 5.09. The van der Waals surface area contributed by atoms with E-state index >= 15 is 0 Å². The van der Waals surface area contributed by atoms with Crippen LogP contribution < -0.4 is 0 Å². The first-order chi connectivity index (χ1) is 3.42. The zero-order chi connectivity index (χ0) is 6.78. The Morgan fingerprint density at radius 1 is 1.62 bits per heavy atom. The summed E-state index contributed by atoms with van der Waals surface area (Å²) < 4.78 is 31.1. The SMILES string of the molecule is O=S([O-])OP(=O)(O)O. The maximum atomic E-state index is 9.52. The van der Waals surface area contributed by atoms with Crippen LogP contribution >= 0.6 is 7.82 Å². The number of hydrogen-bond acceptors (Lipinski definition) is 4. The van der Waals surface area contributed by atoms with Crippen LogP contribution in [0.15, 0.2) is 0 Å². The minimum atomic E-state index is -4.83. The molecule has 1 atom stereocenters. The molecule has 0 aliphatic heterocycles. The molecular weight excluding hydrogens is 159 g/mol. The second-order valence-corrected chi connectivity index (χ2v) is 2.75. The molecule has 6 nitrogen and oxygen atoms in total. The van der Waals surface area contributed by atoms with E-state index in [9.17, 15) is 13.3 Å². The molecule has 0 heterocycles. The summed E-state index contributed by atoms with van der Waals surface area (Å²) in [6, 6.07) is 0. The lowest BCUT2D eigenvalue weighted by atomic mass is 15.7. The van der Waals surface area contributed by atoms with Gasteiger partial charge in [-0.1, -0.05) is 0 Å². The molecule has 0 amide bonds. The molecule has 2 N–H and O–H groups in total. The highest BCUT2D eigenvalue weighted by molar-refractivity contribution is 7.79. The number of rotatable bonds is 2. The fourth-order valence-electron chi connectivity index (χ4n) is 0.0793. The summed E-state index contributed by atoms with van der Waals surface area (Å²) in [7, 11) is -4.83. The Labute approximate surface area is 47.2 Å². The third-order valence-corrected chi connectivity index (χ3v) is 1.42. The van der Waals surface area contributed by atoms with Crippen molar-refractivity contribution in [2.75, 3.05) is 0 Å². The first-order valence-electron chi connectivity index (χ1n) is 1.27. The van der Waals surface area contributed by atoms with Gasteiger partial charge in [0.1, 0.15) is 0 Å². The number of hydrogen-bond donors (Lipinski definition) is 2. The van der Waals surface area contributed by atoms with Crippen LogP contribution in [0.4, 0.5) is 0 Å². The molecular formula is H2O6PS-. The molecule has 8 heteroatoms. The van der Waals surface area contributed by atoms with Crippen molar-refractivity contribution in [3.05, 3.63) is 0 Å². The lowest BCUT2D eigenvalue weighted by Gasteiger charge is -2.04. The Bertz CT molecular complexity index is 131. The van der Waals surface area contributed by atoms with Crippen molar-refractivity contribution >= 4 is 19.2 Å². The van der Waals surface area contributed by atoms with Crippen molar-refractivity contribution in [3.63, 3.8) is 0 Å². The Morgan fingerprint density at radius 2 is 2.00 bits per heavy atom. The molecule has 0 saturated heterocycles. The van der Waals surface area contributed by atoms with Gasteiger partial charge in [0.25, 0.3) is 0 Å². The quantitative estimate of drug-likeness (QED) is 0.392. The van der Waals surface area contributed by atoms with Crippen molar-refractivity contribution in [1.82, 2.24) is 0 Å². The first-order valence-corrected chi connectivity index (χ1v) is 3.80. The summed E-state index contributed by atoms with van der Waals surface area (Å²) in [6.45, 7) is 0. The molecule has 0 spiro atoms. The van der Waals surface area contributed by atoms with Crippen LogP contribution in [0, 0.1) is 0 Å². The van der Waals surface area contributed by atoms with Crippen LogP contribution in [0.3, 0.4) is 0 Å². The predicted molar refractivity (Wildman–Crippen MR) is 22.0 cm³/mol. The zero-order valence-electron chi connectivity index (χ0n) is 3.38. The molecule has 0 fully saturated rings. The first kappa shape index (κ1) is 8.22. The van der Waals surface area contributed by atoms with Gasteiger partial charge in [0.2, 0.25) is 0 Å². The molecule has 0 aromatic heterocycles. The summed E-state index contributed by atoms with van der Waals surface area (Å²) in [6.07, 6.45) is 0. The van der Waals surface area contributed by atoms with Crippen LogP contribution in [-0.2, 0) is 19.9 Å². The van der Waals surface area contributed by atoms with Crippen molar-refractivity contribution in [1.29, 1.82) is 0 Å². The Morgan fingerprint density at radius 3 is 2.00 bits per heavy atom. The van der Waals surface area contributed by atoms with Gasteiger partial charge >= 0.3 is 7.82 Å². The van der Waals surface area contributed by atoms with Crippen LogP contribution in [0.25, 0.3) is 0 Å². The van der Waals surface area contributed by atoms with Crippen molar-refractivity contribution in [2.24, 2.45) is 0 Å². The molecule has 0 saturated carbocycles. The van der Waals surface area contributed by atoms with Gasteiger partial charge in [-0.15, -0.1) is 0 Å². The van der Waals surface area contributed by atoms with Crippen molar-refractivity contribution in [2.45, 2.75) is 0 Å². The van der Waals surface area contributed by atoms with E-state index in [2.05, 4.69) is 3.97 Å². The highest BCUT2D eigenvalue weighted by Gasteiger charge is 2.13. The van der Waals surface area contributed by atoms with Gasteiger partial charge in [0.15, 0.2) is 0 Å². The largest absolute Gasteiger partial charge is 0.749 e. The Hall–Kier alpha value is 0.220. The smallest absolute Gasteiger partial charge is 0.481 e. The summed E-state index contributed by atoms with van der Waals surface area (Å²) in [5, 5.41) is 0. The fourth-order valence-corrected chi connectivity index (χ4v) is 0.714. The molecule has 0 aliphatic carbocycles. The monoisotopic (exact) mass is 161 g/mol. The third kappa shape index (κ3) is 6.22. The average Bonchev–Trinajstić information content (AvgIpc) is 1.21. The third-order valence-electron chi connectivity index (χ3n) is 0.158. The van der Waals surface area contributed by atoms with E-state index in [0.717, 1.165) is 0 Å². The van der Waals surface area contributed by atoms with Crippen molar-refractivity contribution in [3.8, 4) is 0 Å². The van der Waals surface area contributed by atoms with E-state index in [1.54, 1.807) is 0 Å². The van der Waals surface area contributed by atoms with Gasteiger partial charge in [0, 0.05) is 0 Å². The maximum Gasteiger partial charge on any atom is 0.481 e. The summed E-state index contributed by atoms with van der Waals surface area (Å²) in [5.41, 5.74) is 0. The van der Waals surface area contributed by atoms with Crippen LogP contribution in [0.5, 0.6) is 0 Å². The highest BCUT2D eigenvalue weighted by Crippen LogP contribution is 2.36. The van der Waals surface area contributed by atoms with Gasteiger partial charge in [-0.05, 0) is 0 Å².